The molecule has 0 radical (unpaired) electrons. The monoisotopic (exact) mass is 508 g/mol. The molecule has 0 spiro atoms. The smallest absolute Gasteiger partial charge is 0.153 e. The standard InChI is InChI=1S/C32H28O6/c1-35-29-17-27(19-33)31(37-3)15-25(29)11-9-23-13-21-7-5-6-8-22(21)14-24(23)10-12-26-16-32(38-4)28(20-34)18-30(26)36-2/h5-20H,1-4H3. The van der Waals surface area contributed by atoms with Crippen molar-refractivity contribution in [2.24, 2.45) is 0 Å². The van der Waals surface area contributed by atoms with Crippen LogP contribution >= 0.6 is 0 Å². The van der Waals surface area contributed by atoms with Crippen LogP contribution in [0.2, 0.25) is 0 Å². The molecule has 0 fully saturated rings. The largest absolute Gasteiger partial charge is 0.496 e. The molecule has 4 aromatic rings. The van der Waals surface area contributed by atoms with Crippen LogP contribution in [0.3, 0.4) is 0 Å². The molecule has 38 heavy (non-hydrogen) atoms. The molecule has 0 bridgehead atoms. The highest BCUT2D eigenvalue weighted by Gasteiger charge is 2.11. The molecular weight excluding hydrogens is 480 g/mol. The summed E-state index contributed by atoms with van der Waals surface area (Å²) in [6, 6.07) is 19.2. The van der Waals surface area contributed by atoms with E-state index in [0.717, 1.165) is 45.6 Å². The van der Waals surface area contributed by atoms with Gasteiger partial charge in [-0.1, -0.05) is 48.6 Å². The average molecular weight is 509 g/mol. The van der Waals surface area contributed by atoms with Crippen LogP contribution in [0, 0.1) is 0 Å². The average Bonchev–Trinajstić information content (AvgIpc) is 2.97. The molecule has 0 aliphatic heterocycles. The van der Waals surface area contributed by atoms with Crippen LogP contribution in [-0.4, -0.2) is 41.0 Å². The number of ether oxygens (including phenoxy) is 4. The summed E-state index contributed by atoms with van der Waals surface area (Å²) in [5, 5.41) is 2.19. The molecule has 6 heteroatoms. The van der Waals surface area contributed by atoms with Gasteiger partial charge in [-0.3, -0.25) is 9.59 Å². The Kier molecular flexibility index (Phi) is 8.23. The molecule has 0 saturated heterocycles. The zero-order valence-corrected chi connectivity index (χ0v) is 21.7. The van der Waals surface area contributed by atoms with Gasteiger partial charge in [-0.25, -0.2) is 0 Å². The highest BCUT2D eigenvalue weighted by atomic mass is 16.5. The van der Waals surface area contributed by atoms with E-state index in [1.165, 1.54) is 14.2 Å². The molecule has 0 aromatic heterocycles. The lowest BCUT2D eigenvalue weighted by Gasteiger charge is -2.11. The summed E-state index contributed by atoms with van der Waals surface area (Å²) in [6.07, 6.45) is 9.34. The summed E-state index contributed by atoms with van der Waals surface area (Å²) in [5.41, 5.74) is 4.32. The quantitative estimate of drug-likeness (QED) is 0.173. The summed E-state index contributed by atoms with van der Waals surface area (Å²) < 4.78 is 21.8. The Balaban J connectivity index is 1.82. The third kappa shape index (κ3) is 5.44. The van der Waals surface area contributed by atoms with Gasteiger partial charge in [-0.15, -0.1) is 0 Å². The molecule has 0 aliphatic rings. The van der Waals surface area contributed by atoms with Crippen molar-refractivity contribution in [3.05, 3.63) is 94.0 Å². The third-order valence-corrected chi connectivity index (χ3v) is 6.25. The van der Waals surface area contributed by atoms with E-state index >= 15 is 0 Å². The first-order valence-electron chi connectivity index (χ1n) is 11.9. The van der Waals surface area contributed by atoms with Crippen molar-refractivity contribution in [3.8, 4) is 23.0 Å². The van der Waals surface area contributed by atoms with Crippen molar-refractivity contribution < 1.29 is 28.5 Å². The van der Waals surface area contributed by atoms with Gasteiger partial charge in [-0.05, 0) is 58.3 Å². The van der Waals surface area contributed by atoms with Gasteiger partial charge < -0.3 is 18.9 Å². The minimum Gasteiger partial charge on any atom is -0.496 e. The maximum absolute atomic E-state index is 11.4. The zero-order chi connectivity index (χ0) is 27.1. The molecule has 0 unspecified atom stereocenters. The first kappa shape index (κ1) is 26.2. The minimum atomic E-state index is 0.417. The zero-order valence-electron chi connectivity index (χ0n) is 21.7. The van der Waals surface area contributed by atoms with E-state index in [-0.39, 0.29) is 0 Å². The SMILES string of the molecule is COc1cc(C=Cc2cc3ccccc3cc2C=Cc2cc(OC)c(C=O)cc2OC)c(OC)cc1C=O. The van der Waals surface area contributed by atoms with Gasteiger partial charge >= 0.3 is 0 Å². The number of carbonyl (C=O) groups is 2. The van der Waals surface area contributed by atoms with E-state index in [1.54, 1.807) is 38.5 Å². The number of aldehydes is 2. The van der Waals surface area contributed by atoms with Crippen molar-refractivity contribution >= 4 is 47.6 Å². The Morgan fingerprint density at radius 1 is 0.447 bits per heavy atom. The Morgan fingerprint density at radius 2 is 0.763 bits per heavy atom. The van der Waals surface area contributed by atoms with Crippen LogP contribution in [-0.2, 0) is 0 Å². The normalized spacial score (nSPS) is 11.2. The van der Waals surface area contributed by atoms with E-state index in [2.05, 4.69) is 24.3 Å². The molecule has 0 aliphatic carbocycles. The molecule has 0 N–H and O–H groups in total. The van der Waals surface area contributed by atoms with Crippen LogP contribution in [0.25, 0.3) is 35.1 Å². The molecule has 0 saturated carbocycles. The number of benzene rings is 4. The molecular formula is C32H28O6. The maximum atomic E-state index is 11.4. The van der Waals surface area contributed by atoms with Gasteiger partial charge in [0.15, 0.2) is 12.6 Å². The number of rotatable bonds is 10. The topological polar surface area (TPSA) is 71.1 Å². The fourth-order valence-electron chi connectivity index (χ4n) is 4.26. The van der Waals surface area contributed by atoms with Crippen molar-refractivity contribution in [2.45, 2.75) is 0 Å². The number of fused-ring (bicyclic) bond motifs is 1. The molecule has 0 heterocycles. The predicted octanol–water partition coefficient (Wildman–Crippen LogP) is 6.84. The van der Waals surface area contributed by atoms with Crippen molar-refractivity contribution in [3.63, 3.8) is 0 Å². The lowest BCUT2D eigenvalue weighted by Crippen LogP contribution is -1.95. The van der Waals surface area contributed by atoms with Crippen LogP contribution in [0.15, 0.2) is 60.7 Å². The fourth-order valence-corrected chi connectivity index (χ4v) is 4.26. The summed E-state index contributed by atoms with van der Waals surface area (Å²) in [6.45, 7) is 0. The number of carbonyl (C=O) groups excluding carboxylic acids is 2. The Hall–Kier alpha value is -4.84. The Bertz CT molecular complexity index is 1430. The van der Waals surface area contributed by atoms with Crippen LogP contribution in [0.1, 0.15) is 43.0 Å². The lowest BCUT2D eigenvalue weighted by molar-refractivity contribution is 0.111. The van der Waals surface area contributed by atoms with Crippen molar-refractivity contribution in [1.29, 1.82) is 0 Å². The molecule has 4 aromatic carbocycles. The molecule has 192 valence electrons. The van der Waals surface area contributed by atoms with E-state index in [1.807, 2.05) is 36.4 Å². The van der Waals surface area contributed by atoms with E-state index in [0.29, 0.717) is 34.1 Å². The summed E-state index contributed by atoms with van der Waals surface area (Å²) in [7, 11) is 6.18. The van der Waals surface area contributed by atoms with Gasteiger partial charge in [0.05, 0.1) is 39.6 Å². The van der Waals surface area contributed by atoms with Gasteiger partial charge in [0, 0.05) is 11.1 Å². The van der Waals surface area contributed by atoms with Gasteiger partial charge in [-0.2, -0.15) is 0 Å². The van der Waals surface area contributed by atoms with Crippen LogP contribution in [0.4, 0.5) is 0 Å². The predicted molar refractivity (Wildman–Crippen MR) is 152 cm³/mol. The Labute approximate surface area is 221 Å². The van der Waals surface area contributed by atoms with E-state index in [9.17, 15) is 9.59 Å². The fraction of sp³-hybridized carbons (Fsp3) is 0.125. The summed E-state index contributed by atoms with van der Waals surface area (Å²) in [5.74, 6) is 2.07. The molecule has 4 rings (SSSR count). The third-order valence-electron chi connectivity index (χ3n) is 6.25. The number of hydrogen-bond acceptors (Lipinski definition) is 6. The van der Waals surface area contributed by atoms with Gasteiger partial charge in [0.25, 0.3) is 0 Å². The summed E-state index contributed by atoms with van der Waals surface area (Å²) in [4.78, 5) is 22.9. The molecule has 0 amide bonds. The number of methoxy groups -OCH3 is 4. The minimum absolute atomic E-state index is 0.417. The van der Waals surface area contributed by atoms with E-state index in [4.69, 9.17) is 18.9 Å². The second-order valence-electron chi connectivity index (χ2n) is 8.40. The second-order valence-corrected chi connectivity index (χ2v) is 8.40. The Morgan fingerprint density at radius 3 is 1.11 bits per heavy atom. The van der Waals surface area contributed by atoms with Gasteiger partial charge in [0.1, 0.15) is 23.0 Å². The first-order valence-corrected chi connectivity index (χ1v) is 11.9. The van der Waals surface area contributed by atoms with Crippen LogP contribution in [0.5, 0.6) is 23.0 Å². The maximum Gasteiger partial charge on any atom is 0.153 e. The summed E-state index contributed by atoms with van der Waals surface area (Å²) >= 11 is 0. The highest BCUT2D eigenvalue weighted by Crippen LogP contribution is 2.32. The van der Waals surface area contributed by atoms with Crippen LogP contribution < -0.4 is 18.9 Å². The first-order chi connectivity index (χ1) is 18.5. The van der Waals surface area contributed by atoms with Gasteiger partial charge in [0.2, 0.25) is 0 Å². The molecule has 6 nitrogen and oxygen atoms in total. The second kappa shape index (κ2) is 11.9. The number of hydrogen-bond donors (Lipinski definition) is 0. The van der Waals surface area contributed by atoms with Crippen molar-refractivity contribution in [1.82, 2.24) is 0 Å². The molecule has 0 atom stereocenters. The van der Waals surface area contributed by atoms with E-state index < -0.39 is 0 Å². The highest BCUT2D eigenvalue weighted by molar-refractivity contribution is 5.93. The van der Waals surface area contributed by atoms with Crippen molar-refractivity contribution in [2.75, 3.05) is 28.4 Å². The lowest BCUT2D eigenvalue weighted by atomic mass is 9.98.